The second-order valence-corrected chi connectivity index (χ2v) is 5.88. The predicted molar refractivity (Wildman–Crippen MR) is 82.6 cm³/mol. The zero-order valence-corrected chi connectivity index (χ0v) is 13.7. The van der Waals surface area contributed by atoms with Crippen molar-refractivity contribution in [3.05, 3.63) is 56.3 Å². The number of aryl methyl sites for hydroxylation is 3. The molecule has 0 radical (unpaired) electrons. The Labute approximate surface area is 131 Å². The molecule has 0 saturated heterocycles. The summed E-state index contributed by atoms with van der Waals surface area (Å²) in [6, 6.07) is 5.53. The molecule has 1 aromatic carbocycles. The van der Waals surface area contributed by atoms with E-state index in [1.807, 2.05) is 32.9 Å². The van der Waals surface area contributed by atoms with E-state index in [1.54, 1.807) is 6.07 Å². The second kappa shape index (κ2) is 5.94. The fraction of sp³-hybridized carbons (Fsp3) is 0.200. The van der Waals surface area contributed by atoms with Crippen LogP contribution in [0.1, 0.15) is 27.0 Å². The standard InChI is InChI=1S/C15H13BrClNO2/c1-8-4-9(2)13(10(3)5-8)20-15(19)12-6-11(16)7-18-14(12)17/h4-7H,1-3H3. The van der Waals surface area contributed by atoms with Gasteiger partial charge in [-0.2, -0.15) is 0 Å². The molecular weight excluding hydrogens is 342 g/mol. The molecule has 0 aliphatic rings. The Balaban J connectivity index is 2.35. The topological polar surface area (TPSA) is 39.2 Å². The minimum absolute atomic E-state index is 0.126. The molecule has 0 spiro atoms. The van der Waals surface area contributed by atoms with Crippen LogP contribution in [0.25, 0.3) is 0 Å². The van der Waals surface area contributed by atoms with E-state index in [0.29, 0.717) is 10.2 Å². The van der Waals surface area contributed by atoms with Gasteiger partial charge in [0.25, 0.3) is 0 Å². The Bertz CT molecular complexity index is 663. The molecule has 0 unspecified atom stereocenters. The lowest BCUT2D eigenvalue weighted by Gasteiger charge is -2.12. The zero-order valence-electron chi connectivity index (χ0n) is 11.3. The molecule has 0 bridgehead atoms. The Hall–Kier alpha value is -1.39. The van der Waals surface area contributed by atoms with Crippen molar-refractivity contribution < 1.29 is 9.53 Å². The Morgan fingerprint density at radius 1 is 1.20 bits per heavy atom. The summed E-state index contributed by atoms with van der Waals surface area (Å²) >= 11 is 9.19. The lowest BCUT2D eigenvalue weighted by Crippen LogP contribution is -2.11. The number of rotatable bonds is 2. The minimum Gasteiger partial charge on any atom is -0.422 e. The number of nitrogens with zero attached hydrogens (tertiary/aromatic N) is 1. The molecule has 104 valence electrons. The largest absolute Gasteiger partial charge is 0.422 e. The van der Waals surface area contributed by atoms with E-state index in [2.05, 4.69) is 20.9 Å². The molecule has 5 heteroatoms. The first-order chi connectivity index (χ1) is 9.38. The summed E-state index contributed by atoms with van der Waals surface area (Å²) in [5.74, 6) is 0.0514. The van der Waals surface area contributed by atoms with E-state index in [-0.39, 0.29) is 10.7 Å². The number of halogens is 2. The summed E-state index contributed by atoms with van der Waals surface area (Å²) in [6.45, 7) is 5.81. The lowest BCUT2D eigenvalue weighted by molar-refractivity contribution is 0.0732. The first-order valence-corrected chi connectivity index (χ1v) is 7.16. The van der Waals surface area contributed by atoms with Gasteiger partial charge in [-0.05, 0) is 53.9 Å². The molecule has 0 N–H and O–H groups in total. The quantitative estimate of drug-likeness (QED) is 0.448. The van der Waals surface area contributed by atoms with Gasteiger partial charge in [0.2, 0.25) is 0 Å². The van der Waals surface area contributed by atoms with Gasteiger partial charge in [-0.3, -0.25) is 0 Å². The van der Waals surface area contributed by atoms with Crippen LogP contribution in [-0.2, 0) is 0 Å². The fourth-order valence-electron chi connectivity index (χ4n) is 2.04. The van der Waals surface area contributed by atoms with Crippen molar-refractivity contribution in [2.24, 2.45) is 0 Å². The molecule has 1 aromatic heterocycles. The highest BCUT2D eigenvalue weighted by Gasteiger charge is 2.17. The summed E-state index contributed by atoms with van der Waals surface area (Å²) in [4.78, 5) is 16.1. The van der Waals surface area contributed by atoms with Crippen molar-refractivity contribution >= 4 is 33.5 Å². The van der Waals surface area contributed by atoms with Crippen molar-refractivity contribution in [3.8, 4) is 5.75 Å². The van der Waals surface area contributed by atoms with Crippen LogP contribution in [-0.4, -0.2) is 11.0 Å². The predicted octanol–water partition coefficient (Wildman–Crippen LogP) is 4.64. The van der Waals surface area contributed by atoms with Crippen LogP contribution in [0.5, 0.6) is 5.75 Å². The number of aromatic nitrogens is 1. The Morgan fingerprint density at radius 2 is 1.80 bits per heavy atom. The summed E-state index contributed by atoms with van der Waals surface area (Å²) in [6.07, 6.45) is 1.53. The average molecular weight is 355 g/mol. The average Bonchev–Trinajstić information content (AvgIpc) is 2.36. The molecule has 2 aromatic rings. The normalized spacial score (nSPS) is 10.4. The first-order valence-electron chi connectivity index (χ1n) is 5.99. The summed E-state index contributed by atoms with van der Waals surface area (Å²) < 4.78 is 6.14. The molecule has 0 aliphatic carbocycles. The third kappa shape index (κ3) is 3.19. The first kappa shape index (κ1) is 15.0. The number of hydrogen-bond acceptors (Lipinski definition) is 3. The molecular formula is C15H13BrClNO2. The van der Waals surface area contributed by atoms with E-state index >= 15 is 0 Å². The van der Waals surface area contributed by atoms with Crippen LogP contribution in [0.3, 0.4) is 0 Å². The maximum Gasteiger partial charge on any atom is 0.346 e. The van der Waals surface area contributed by atoms with E-state index in [0.717, 1.165) is 16.7 Å². The zero-order chi connectivity index (χ0) is 14.9. The number of carbonyl (C=O) groups is 1. The molecule has 0 fully saturated rings. The maximum atomic E-state index is 12.2. The number of pyridine rings is 1. The van der Waals surface area contributed by atoms with Gasteiger partial charge in [-0.25, -0.2) is 9.78 Å². The van der Waals surface area contributed by atoms with E-state index < -0.39 is 5.97 Å². The number of hydrogen-bond donors (Lipinski definition) is 0. The van der Waals surface area contributed by atoms with Crippen molar-refractivity contribution in [1.82, 2.24) is 4.98 Å². The number of benzene rings is 1. The fourth-order valence-corrected chi connectivity index (χ4v) is 2.55. The van der Waals surface area contributed by atoms with Gasteiger partial charge in [-0.1, -0.05) is 29.3 Å². The van der Waals surface area contributed by atoms with Crippen molar-refractivity contribution in [2.75, 3.05) is 0 Å². The third-order valence-electron chi connectivity index (χ3n) is 2.83. The highest BCUT2D eigenvalue weighted by Crippen LogP contribution is 2.27. The Kier molecular flexibility index (Phi) is 4.45. The van der Waals surface area contributed by atoms with Gasteiger partial charge < -0.3 is 4.74 Å². The molecule has 1 heterocycles. The molecule has 3 nitrogen and oxygen atoms in total. The molecule has 0 atom stereocenters. The van der Waals surface area contributed by atoms with Crippen LogP contribution in [0.2, 0.25) is 5.15 Å². The number of ether oxygens (including phenoxy) is 1. The highest BCUT2D eigenvalue weighted by molar-refractivity contribution is 9.10. The monoisotopic (exact) mass is 353 g/mol. The molecule has 0 aliphatic heterocycles. The van der Waals surface area contributed by atoms with Crippen LogP contribution >= 0.6 is 27.5 Å². The number of carbonyl (C=O) groups excluding carboxylic acids is 1. The molecule has 2 rings (SSSR count). The van der Waals surface area contributed by atoms with Crippen molar-refractivity contribution in [3.63, 3.8) is 0 Å². The van der Waals surface area contributed by atoms with Crippen molar-refractivity contribution in [1.29, 1.82) is 0 Å². The van der Waals surface area contributed by atoms with Gasteiger partial charge in [0.1, 0.15) is 10.9 Å². The van der Waals surface area contributed by atoms with Crippen LogP contribution in [0.15, 0.2) is 28.9 Å². The lowest BCUT2D eigenvalue weighted by atomic mass is 10.1. The summed E-state index contributed by atoms with van der Waals surface area (Å²) in [5, 5.41) is 0.126. The van der Waals surface area contributed by atoms with Gasteiger partial charge in [0, 0.05) is 10.7 Å². The summed E-state index contributed by atoms with van der Waals surface area (Å²) in [7, 11) is 0. The maximum absolute atomic E-state index is 12.2. The highest BCUT2D eigenvalue weighted by atomic mass is 79.9. The van der Waals surface area contributed by atoms with Crippen LogP contribution in [0.4, 0.5) is 0 Å². The second-order valence-electron chi connectivity index (χ2n) is 4.61. The molecule has 0 saturated carbocycles. The van der Waals surface area contributed by atoms with Crippen LogP contribution < -0.4 is 4.74 Å². The van der Waals surface area contributed by atoms with E-state index in [9.17, 15) is 4.79 Å². The van der Waals surface area contributed by atoms with E-state index in [4.69, 9.17) is 16.3 Å². The molecule has 20 heavy (non-hydrogen) atoms. The SMILES string of the molecule is Cc1cc(C)c(OC(=O)c2cc(Br)cnc2Cl)c(C)c1. The van der Waals surface area contributed by atoms with Crippen LogP contribution in [0, 0.1) is 20.8 Å². The van der Waals surface area contributed by atoms with Crippen molar-refractivity contribution in [2.45, 2.75) is 20.8 Å². The van der Waals surface area contributed by atoms with Gasteiger partial charge in [0.05, 0.1) is 5.56 Å². The Morgan fingerprint density at radius 3 is 2.40 bits per heavy atom. The smallest absolute Gasteiger partial charge is 0.346 e. The van der Waals surface area contributed by atoms with Gasteiger partial charge >= 0.3 is 5.97 Å². The van der Waals surface area contributed by atoms with E-state index in [1.165, 1.54) is 6.20 Å². The van der Waals surface area contributed by atoms with Gasteiger partial charge in [0.15, 0.2) is 0 Å². The molecule has 0 amide bonds. The minimum atomic E-state index is -0.515. The number of esters is 1. The summed E-state index contributed by atoms with van der Waals surface area (Å²) in [5.41, 5.74) is 3.19. The third-order valence-corrected chi connectivity index (χ3v) is 3.56. The van der Waals surface area contributed by atoms with Gasteiger partial charge in [-0.15, -0.1) is 0 Å².